The Hall–Kier alpha value is -2.41. The van der Waals surface area contributed by atoms with E-state index >= 15 is 0 Å². The number of aliphatic hydroxyl groups is 1. The molecule has 0 spiro atoms. The summed E-state index contributed by atoms with van der Waals surface area (Å²) in [6.45, 7) is 4.02. The van der Waals surface area contributed by atoms with Crippen LogP contribution in [0.25, 0.3) is 0 Å². The zero-order chi connectivity index (χ0) is 20.5. The number of carbonyl (C=O) groups is 1. The van der Waals surface area contributed by atoms with Gasteiger partial charge < -0.3 is 19.5 Å². The molecule has 0 aromatic heterocycles. The van der Waals surface area contributed by atoms with Crippen molar-refractivity contribution in [3.05, 3.63) is 71.8 Å². The van der Waals surface area contributed by atoms with E-state index in [9.17, 15) is 9.90 Å². The van der Waals surface area contributed by atoms with Crippen molar-refractivity contribution in [2.24, 2.45) is 0 Å². The molecule has 1 heterocycles. The lowest BCUT2D eigenvalue weighted by molar-refractivity contribution is 0.00554. The Labute approximate surface area is 172 Å². The Balaban J connectivity index is 1.47. The average Bonchev–Trinajstić information content (AvgIpc) is 2.78. The van der Waals surface area contributed by atoms with Gasteiger partial charge in [0.05, 0.1) is 26.4 Å². The Kier molecular flexibility index (Phi) is 8.04. The summed E-state index contributed by atoms with van der Waals surface area (Å²) in [7, 11) is 1.40. The molecular formula is C23H30N2O4. The zero-order valence-electron chi connectivity index (χ0n) is 16.9. The maximum absolute atomic E-state index is 11.6. The lowest BCUT2D eigenvalue weighted by Crippen LogP contribution is -2.50. The summed E-state index contributed by atoms with van der Waals surface area (Å²) in [6.07, 6.45) is -0.853. The van der Waals surface area contributed by atoms with Crippen LogP contribution in [0.15, 0.2) is 60.7 Å². The van der Waals surface area contributed by atoms with Gasteiger partial charge in [-0.3, -0.25) is 4.90 Å². The second-order valence-corrected chi connectivity index (χ2v) is 7.32. The number of carbonyl (C=O) groups excluding carboxylic acids is 1. The standard InChI is InChI=1S/C23H30N2O4/c1-28-23(27)25-14-12-24(13-15-25)16-21(26)17-29-18-22(19-8-4-2-5-9-19)20-10-6-3-7-11-20/h2-11,21-22,26H,12-18H2,1H3. The number of rotatable bonds is 8. The van der Waals surface area contributed by atoms with Crippen molar-refractivity contribution in [3.8, 4) is 0 Å². The van der Waals surface area contributed by atoms with E-state index in [1.807, 2.05) is 36.4 Å². The fourth-order valence-electron chi connectivity index (χ4n) is 3.67. The fraction of sp³-hybridized carbons (Fsp3) is 0.435. The Morgan fingerprint density at radius 3 is 2.00 bits per heavy atom. The van der Waals surface area contributed by atoms with Gasteiger partial charge in [-0.15, -0.1) is 0 Å². The van der Waals surface area contributed by atoms with Crippen molar-refractivity contribution in [2.75, 3.05) is 53.0 Å². The third-order valence-corrected chi connectivity index (χ3v) is 5.27. The number of β-amino-alcohol motifs (C(OH)–C–C–N with tert-alkyl or cyclic N) is 1. The molecule has 0 bridgehead atoms. The number of hydrogen-bond acceptors (Lipinski definition) is 5. The number of nitrogens with zero attached hydrogens (tertiary/aromatic N) is 2. The van der Waals surface area contributed by atoms with E-state index in [-0.39, 0.29) is 18.6 Å². The van der Waals surface area contributed by atoms with Gasteiger partial charge in [0.25, 0.3) is 0 Å². The van der Waals surface area contributed by atoms with Gasteiger partial charge in [-0.25, -0.2) is 4.79 Å². The molecule has 1 fully saturated rings. The summed E-state index contributed by atoms with van der Waals surface area (Å²) in [5, 5.41) is 10.4. The van der Waals surface area contributed by atoms with Crippen LogP contribution in [-0.2, 0) is 9.47 Å². The molecule has 1 N–H and O–H groups in total. The highest BCUT2D eigenvalue weighted by molar-refractivity contribution is 5.67. The number of benzene rings is 2. The molecule has 1 saturated heterocycles. The molecule has 1 aliphatic heterocycles. The summed E-state index contributed by atoms with van der Waals surface area (Å²) in [6, 6.07) is 20.6. The van der Waals surface area contributed by atoms with Crippen molar-refractivity contribution in [1.82, 2.24) is 9.80 Å². The lowest BCUT2D eigenvalue weighted by Gasteiger charge is -2.34. The Bertz CT molecular complexity index is 694. The SMILES string of the molecule is COC(=O)N1CCN(CC(O)COCC(c2ccccc2)c2ccccc2)CC1. The Morgan fingerprint density at radius 2 is 1.48 bits per heavy atom. The minimum atomic E-state index is -0.563. The van der Waals surface area contributed by atoms with Crippen LogP contribution in [0.5, 0.6) is 0 Å². The fourth-order valence-corrected chi connectivity index (χ4v) is 3.67. The van der Waals surface area contributed by atoms with Gasteiger partial charge in [-0.1, -0.05) is 60.7 Å². The number of methoxy groups -OCH3 is 1. The second-order valence-electron chi connectivity index (χ2n) is 7.32. The molecule has 1 unspecified atom stereocenters. The van der Waals surface area contributed by atoms with Gasteiger partial charge in [-0.2, -0.15) is 0 Å². The maximum atomic E-state index is 11.6. The van der Waals surface area contributed by atoms with Crippen molar-refractivity contribution in [1.29, 1.82) is 0 Å². The normalized spacial score (nSPS) is 16.0. The smallest absolute Gasteiger partial charge is 0.409 e. The number of piperazine rings is 1. The van der Waals surface area contributed by atoms with Crippen LogP contribution in [0.1, 0.15) is 17.0 Å². The van der Waals surface area contributed by atoms with Gasteiger partial charge in [0, 0.05) is 38.6 Å². The molecule has 156 valence electrons. The summed E-state index contributed by atoms with van der Waals surface area (Å²) < 4.78 is 10.7. The molecule has 1 aliphatic rings. The molecule has 1 atom stereocenters. The predicted molar refractivity (Wildman–Crippen MR) is 112 cm³/mol. The quantitative estimate of drug-likeness (QED) is 0.741. The van der Waals surface area contributed by atoms with Crippen LogP contribution in [0.3, 0.4) is 0 Å². The number of aliphatic hydroxyl groups excluding tert-OH is 1. The van der Waals surface area contributed by atoms with Crippen molar-refractivity contribution < 1.29 is 19.4 Å². The summed E-state index contributed by atoms with van der Waals surface area (Å²) in [5.41, 5.74) is 2.40. The van der Waals surface area contributed by atoms with Gasteiger partial charge in [0.2, 0.25) is 0 Å². The van der Waals surface area contributed by atoms with Gasteiger partial charge >= 0.3 is 6.09 Å². The van der Waals surface area contributed by atoms with E-state index in [0.717, 1.165) is 13.1 Å². The number of hydrogen-bond donors (Lipinski definition) is 1. The number of ether oxygens (including phenoxy) is 2. The highest BCUT2D eigenvalue weighted by atomic mass is 16.5. The van der Waals surface area contributed by atoms with Crippen LogP contribution in [-0.4, -0.2) is 80.2 Å². The van der Waals surface area contributed by atoms with E-state index in [0.29, 0.717) is 26.2 Å². The molecule has 1 amide bonds. The van der Waals surface area contributed by atoms with E-state index in [4.69, 9.17) is 9.47 Å². The first-order valence-electron chi connectivity index (χ1n) is 10.1. The topological polar surface area (TPSA) is 62.2 Å². The Morgan fingerprint density at radius 1 is 0.931 bits per heavy atom. The summed E-state index contributed by atoms with van der Waals surface area (Å²) >= 11 is 0. The van der Waals surface area contributed by atoms with Crippen LogP contribution in [0, 0.1) is 0 Å². The van der Waals surface area contributed by atoms with E-state index in [2.05, 4.69) is 29.2 Å². The molecule has 29 heavy (non-hydrogen) atoms. The lowest BCUT2D eigenvalue weighted by atomic mass is 9.92. The van der Waals surface area contributed by atoms with Gasteiger partial charge in [0.1, 0.15) is 0 Å². The molecule has 6 nitrogen and oxygen atoms in total. The predicted octanol–water partition coefficient (Wildman–Crippen LogP) is 2.58. The third-order valence-electron chi connectivity index (χ3n) is 5.27. The van der Waals surface area contributed by atoms with Crippen LogP contribution in [0.4, 0.5) is 4.79 Å². The molecule has 0 aliphatic carbocycles. The summed E-state index contributed by atoms with van der Waals surface area (Å²) in [4.78, 5) is 15.4. The first kappa shape index (κ1) is 21.3. The first-order chi connectivity index (χ1) is 14.2. The van der Waals surface area contributed by atoms with Crippen LogP contribution in [0.2, 0.25) is 0 Å². The van der Waals surface area contributed by atoms with Crippen LogP contribution < -0.4 is 0 Å². The van der Waals surface area contributed by atoms with Gasteiger partial charge in [0.15, 0.2) is 0 Å². The molecule has 0 radical (unpaired) electrons. The van der Waals surface area contributed by atoms with Crippen molar-refractivity contribution in [2.45, 2.75) is 12.0 Å². The van der Waals surface area contributed by atoms with Gasteiger partial charge in [-0.05, 0) is 11.1 Å². The molecule has 0 saturated carbocycles. The molecule has 2 aromatic rings. The third kappa shape index (κ3) is 6.29. The monoisotopic (exact) mass is 398 g/mol. The molecule has 6 heteroatoms. The largest absolute Gasteiger partial charge is 0.453 e. The molecule has 3 rings (SSSR count). The maximum Gasteiger partial charge on any atom is 0.409 e. The minimum absolute atomic E-state index is 0.133. The highest BCUT2D eigenvalue weighted by Crippen LogP contribution is 2.24. The van der Waals surface area contributed by atoms with Crippen LogP contribution >= 0.6 is 0 Å². The second kappa shape index (κ2) is 11.0. The number of amides is 1. The van der Waals surface area contributed by atoms with E-state index in [1.54, 1.807) is 4.90 Å². The van der Waals surface area contributed by atoms with E-state index < -0.39 is 6.10 Å². The van der Waals surface area contributed by atoms with E-state index in [1.165, 1.54) is 18.2 Å². The minimum Gasteiger partial charge on any atom is -0.453 e. The van der Waals surface area contributed by atoms with Crippen molar-refractivity contribution >= 4 is 6.09 Å². The average molecular weight is 399 g/mol. The molecular weight excluding hydrogens is 368 g/mol. The highest BCUT2D eigenvalue weighted by Gasteiger charge is 2.23. The zero-order valence-corrected chi connectivity index (χ0v) is 16.9. The summed E-state index contributed by atoms with van der Waals surface area (Å²) in [5.74, 6) is 0.133. The first-order valence-corrected chi connectivity index (χ1v) is 10.1. The molecule has 2 aromatic carbocycles. The van der Waals surface area contributed by atoms with Crippen molar-refractivity contribution in [3.63, 3.8) is 0 Å².